The zero-order valence-electron chi connectivity index (χ0n) is 10.7. The normalized spacial score (nSPS) is 14.6. The van der Waals surface area contributed by atoms with Crippen LogP contribution in [0.1, 0.15) is 5.69 Å². The van der Waals surface area contributed by atoms with Gasteiger partial charge in [-0.1, -0.05) is 6.07 Å². The van der Waals surface area contributed by atoms with Crippen molar-refractivity contribution in [1.29, 1.82) is 0 Å². The fourth-order valence-corrected chi connectivity index (χ4v) is 2.02. The van der Waals surface area contributed by atoms with Gasteiger partial charge in [-0.3, -0.25) is 9.69 Å². The fraction of sp³-hybridized carbons (Fsp3) is 0.333. The molecular formula is C12H13N5O3. The van der Waals surface area contributed by atoms with Crippen LogP contribution < -0.4 is 5.32 Å². The van der Waals surface area contributed by atoms with Gasteiger partial charge in [0.05, 0.1) is 18.8 Å². The summed E-state index contributed by atoms with van der Waals surface area (Å²) in [5.74, 6) is -0.235. The highest BCUT2D eigenvalue weighted by atomic mass is 16.6. The number of aromatic nitrogens is 3. The minimum atomic E-state index is -0.446. The molecule has 2 aromatic heterocycles. The smallest absolute Gasteiger partial charge is 0.410 e. The van der Waals surface area contributed by atoms with Crippen molar-refractivity contribution in [3.63, 3.8) is 0 Å². The van der Waals surface area contributed by atoms with Gasteiger partial charge in [-0.25, -0.2) is 14.3 Å². The van der Waals surface area contributed by atoms with Crippen molar-refractivity contribution in [2.45, 2.75) is 6.54 Å². The number of carbonyl (C=O) groups excluding carboxylic acids is 2. The SMILES string of the molecule is O=C(CN1CCOC1=O)NCc1cccc2ncnn12. The van der Waals surface area contributed by atoms with Crippen LogP contribution in [0.3, 0.4) is 0 Å². The van der Waals surface area contributed by atoms with Gasteiger partial charge < -0.3 is 10.1 Å². The Morgan fingerprint density at radius 2 is 2.35 bits per heavy atom. The van der Waals surface area contributed by atoms with E-state index in [0.717, 1.165) is 11.3 Å². The summed E-state index contributed by atoms with van der Waals surface area (Å²) in [6.07, 6.45) is 1.01. The summed E-state index contributed by atoms with van der Waals surface area (Å²) in [4.78, 5) is 28.4. The Kier molecular flexibility index (Phi) is 3.20. The molecule has 3 rings (SSSR count). The molecule has 8 heteroatoms. The van der Waals surface area contributed by atoms with Gasteiger partial charge in [0.1, 0.15) is 19.5 Å². The summed E-state index contributed by atoms with van der Waals surface area (Å²) in [5.41, 5.74) is 1.54. The van der Waals surface area contributed by atoms with E-state index in [1.165, 1.54) is 11.2 Å². The van der Waals surface area contributed by atoms with Crippen LogP contribution in [0, 0.1) is 0 Å². The first-order valence-electron chi connectivity index (χ1n) is 6.20. The largest absolute Gasteiger partial charge is 0.448 e. The molecular weight excluding hydrogens is 262 g/mol. The topological polar surface area (TPSA) is 88.8 Å². The first-order valence-corrected chi connectivity index (χ1v) is 6.20. The second-order valence-corrected chi connectivity index (χ2v) is 4.36. The molecule has 20 heavy (non-hydrogen) atoms. The number of rotatable bonds is 4. The number of hydrogen-bond donors (Lipinski definition) is 1. The number of hydrogen-bond acceptors (Lipinski definition) is 5. The molecule has 1 N–H and O–H groups in total. The lowest BCUT2D eigenvalue weighted by molar-refractivity contribution is -0.121. The van der Waals surface area contributed by atoms with Crippen molar-refractivity contribution >= 4 is 17.6 Å². The van der Waals surface area contributed by atoms with E-state index in [9.17, 15) is 9.59 Å². The third-order valence-corrected chi connectivity index (χ3v) is 3.03. The molecule has 0 radical (unpaired) electrons. The minimum Gasteiger partial charge on any atom is -0.448 e. The summed E-state index contributed by atoms with van der Waals surface area (Å²) in [5, 5.41) is 6.83. The Morgan fingerprint density at radius 3 is 3.15 bits per heavy atom. The highest BCUT2D eigenvalue weighted by molar-refractivity contribution is 5.82. The highest BCUT2D eigenvalue weighted by Gasteiger charge is 2.23. The lowest BCUT2D eigenvalue weighted by atomic mass is 10.3. The third kappa shape index (κ3) is 2.40. The summed E-state index contributed by atoms with van der Waals surface area (Å²) < 4.78 is 6.42. The van der Waals surface area contributed by atoms with Crippen molar-refractivity contribution in [2.24, 2.45) is 0 Å². The molecule has 0 saturated carbocycles. The van der Waals surface area contributed by atoms with Crippen LogP contribution >= 0.6 is 0 Å². The van der Waals surface area contributed by atoms with Gasteiger partial charge in [-0.05, 0) is 12.1 Å². The predicted molar refractivity (Wildman–Crippen MR) is 67.8 cm³/mol. The van der Waals surface area contributed by atoms with Gasteiger partial charge in [0.2, 0.25) is 5.91 Å². The Morgan fingerprint density at radius 1 is 1.45 bits per heavy atom. The molecule has 0 atom stereocenters. The summed E-state index contributed by atoms with van der Waals surface area (Å²) in [6, 6.07) is 5.54. The standard InChI is InChI=1S/C12H13N5O3/c18-11(7-16-4-5-20-12(16)19)13-6-9-2-1-3-10-14-8-15-17(9)10/h1-3,8H,4-7H2,(H,13,18). The third-order valence-electron chi connectivity index (χ3n) is 3.03. The second-order valence-electron chi connectivity index (χ2n) is 4.36. The summed E-state index contributed by atoms with van der Waals surface area (Å²) >= 11 is 0. The highest BCUT2D eigenvalue weighted by Crippen LogP contribution is 2.04. The van der Waals surface area contributed by atoms with Crippen molar-refractivity contribution in [3.8, 4) is 0 Å². The zero-order valence-corrected chi connectivity index (χ0v) is 10.7. The summed E-state index contributed by atoms with van der Waals surface area (Å²) in [6.45, 7) is 1.11. The molecule has 1 fully saturated rings. The van der Waals surface area contributed by atoms with E-state index in [1.807, 2.05) is 18.2 Å². The molecule has 3 heterocycles. The van der Waals surface area contributed by atoms with E-state index in [1.54, 1.807) is 4.52 Å². The van der Waals surface area contributed by atoms with Crippen LogP contribution in [0.25, 0.3) is 5.65 Å². The fourth-order valence-electron chi connectivity index (χ4n) is 2.02. The minimum absolute atomic E-state index is 0.00612. The Balaban J connectivity index is 1.60. The quantitative estimate of drug-likeness (QED) is 0.834. The average molecular weight is 275 g/mol. The predicted octanol–water partition coefficient (Wildman–Crippen LogP) is -0.202. The van der Waals surface area contributed by atoms with E-state index >= 15 is 0 Å². The molecule has 0 aliphatic carbocycles. The second kappa shape index (κ2) is 5.16. The van der Waals surface area contributed by atoms with Crippen molar-refractivity contribution < 1.29 is 14.3 Å². The van der Waals surface area contributed by atoms with Gasteiger partial charge in [0, 0.05) is 0 Å². The van der Waals surface area contributed by atoms with Crippen molar-refractivity contribution in [1.82, 2.24) is 24.8 Å². The molecule has 0 bridgehead atoms. The monoisotopic (exact) mass is 275 g/mol. The van der Waals surface area contributed by atoms with Gasteiger partial charge >= 0.3 is 6.09 Å². The van der Waals surface area contributed by atoms with E-state index < -0.39 is 6.09 Å². The maximum atomic E-state index is 11.8. The van der Waals surface area contributed by atoms with E-state index in [2.05, 4.69) is 15.4 Å². The maximum absolute atomic E-state index is 11.8. The summed E-state index contributed by atoms with van der Waals surface area (Å²) in [7, 11) is 0. The van der Waals surface area contributed by atoms with Crippen LogP contribution in [-0.2, 0) is 16.1 Å². The van der Waals surface area contributed by atoms with Crippen molar-refractivity contribution in [3.05, 3.63) is 30.2 Å². The van der Waals surface area contributed by atoms with Crippen LogP contribution in [-0.4, -0.2) is 51.2 Å². The average Bonchev–Trinajstić information content (AvgIpc) is 3.06. The molecule has 1 aliphatic rings. The lowest BCUT2D eigenvalue weighted by Crippen LogP contribution is -2.37. The maximum Gasteiger partial charge on any atom is 0.410 e. The molecule has 2 aromatic rings. The lowest BCUT2D eigenvalue weighted by Gasteiger charge is -2.12. The number of ether oxygens (including phenoxy) is 1. The van der Waals surface area contributed by atoms with Crippen molar-refractivity contribution in [2.75, 3.05) is 19.7 Å². The van der Waals surface area contributed by atoms with Gasteiger partial charge in [0.25, 0.3) is 0 Å². The number of amides is 2. The molecule has 0 spiro atoms. The van der Waals surface area contributed by atoms with E-state index in [4.69, 9.17) is 4.74 Å². The number of nitrogens with zero attached hydrogens (tertiary/aromatic N) is 4. The molecule has 1 aliphatic heterocycles. The number of cyclic esters (lactones) is 1. The zero-order chi connectivity index (χ0) is 13.9. The number of carbonyl (C=O) groups is 2. The first kappa shape index (κ1) is 12.4. The Labute approximate surface area is 114 Å². The molecule has 0 aromatic carbocycles. The molecule has 2 amide bonds. The van der Waals surface area contributed by atoms with Crippen LogP contribution in [0.5, 0.6) is 0 Å². The van der Waals surface area contributed by atoms with Crippen LogP contribution in [0.2, 0.25) is 0 Å². The van der Waals surface area contributed by atoms with E-state index in [-0.39, 0.29) is 12.5 Å². The Bertz CT molecular complexity index is 653. The molecule has 8 nitrogen and oxygen atoms in total. The number of pyridine rings is 1. The first-order chi connectivity index (χ1) is 9.74. The molecule has 1 saturated heterocycles. The number of nitrogens with one attached hydrogen (secondary N) is 1. The van der Waals surface area contributed by atoms with Crippen LogP contribution in [0.15, 0.2) is 24.5 Å². The van der Waals surface area contributed by atoms with Gasteiger partial charge in [0.15, 0.2) is 5.65 Å². The molecule has 0 unspecified atom stereocenters. The van der Waals surface area contributed by atoms with Gasteiger partial charge in [-0.2, -0.15) is 5.10 Å². The van der Waals surface area contributed by atoms with Gasteiger partial charge in [-0.15, -0.1) is 0 Å². The molecule has 104 valence electrons. The van der Waals surface area contributed by atoms with Crippen LogP contribution in [0.4, 0.5) is 4.79 Å². The Hall–Kier alpha value is -2.64. The van der Waals surface area contributed by atoms with E-state index in [0.29, 0.717) is 19.7 Å². The number of fused-ring (bicyclic) bond motifs is 1.